The van der Waals surface area contributed by atoms with Crippen LogP contribution in [0.4, 0.5) is 0 Å². The minimum absolute atomic E-state index is 0.393. The lowest BCUT2D eigenvalue weighted by Crippen LogP contribution is -2.51. The van der Waals surface area contributed by atoms with Crippen molar-refractivity contribution >= 4 is 11.9 Å². The Labute approximate surface area is 113 Å². The predicted molar refractivity (Wildman–Crippen MR) is 69.9 cm³/mol. The van der Waals surface area contributed by atoms with E-state index in [0.717, 1.165) is 19.4 Å². The largest absolute Gasteiger partial charge is 0.481 e. The van der Waals surface area contributed by atoms with Gasteiger partial charge in [-0.3, -0.25) is 14.5 Å². The minimum Gasteiger partial charge on any atom is -0.481 e. The van der Waals surface area contributed by atoms with Crippen LogP contribution in [-0.2, 0) is 9.59 Å². The van der Waals surface area contributed by atoms with Crippen LogP contribution in [0.3, 0.4) is 0 Å². The Balaban J connectivity index is 2.02. The molecule has 0 spiro atoms. The third-order valence-corrected chi connectivity index (χ3v) is 4.70. The maximum absolute atomic E-state index is 11.3. The van der Waals surface area contributed by atoms with Crippen LogP contribution in [-0.4, -0.2) is 46.2 Å². The van der Waals surface area contributed by atoms with Crippen LogP contribution in [0.1, 0.15) is 39.0 Å². The van der Waals surface area contributed by atoms with Gasteiger partial charge in [0.15, 0.2) is 0 Å². The van der Waals surface area contributed by atoms with E-state index in [1.807, 2.05) is 0 Å². The second kappa shape index (κ2) is 5.90. The van der Waals surface area contributed by atoms with Crippen LogP contribution in [0, 0.1) is 17.8 Å². The second-order valence-corrected chi connectivity index (χ2v) is 6.10. The molecule has 0 amide bonds. The average Bonchev–Trinajstić information content (AvgIpc) is 2.37. The summed E-state index contributed by atoms with van der Waals surface area (Å²) in [5, 5.41) is 18.4. The lowest BCUT2D eigenvalue weighted by atomic mass is 9.81. The third-order valence-electron chi connectivity index (χ3n) is 4.70. The summed E-state index contributed by atoms with van der Waals surface area (Å²) in [6.45, 7) is 3.35. The topological polar surface area (TPSA) is 77.8 Å². The summed E-state index contributed by atoms with van der Waals surface area (Å²) in [4.78, 5) is 24.6. The zero-order valence-electron chi connectivity index (χ0n) is 11.4. The van der Waals surface area contributed by atoms with Gasteiger partial charge in [-0.1, -0.05) is 19.8 Å². The Morgan fingerprint density at radius 3 is 2.32 bits per heavy atom. The van der Waals surface area contributed by atoms with Gasteiger partial charge in [-0.2, -0.15) is 0 Å². The summed E-state index contributed by atoms with van der Waals surface area (Å²) in [5.41, 5.74) is 0. The molecule has 1 aliphatic heterocycles. The van der Waals surface area contributed by atoms with E-state index in [2.05, 4.69) is 11.8 Å². The molecule has 108 valence electrons. The summed E-state index contributed by atoms with van der Waals surface area (Å²) < 4.78 is 0. The maximum atomic E-state index is 11.3. The molecule has 2 rings (SSSR count). The number of carbonyl (C=O) groups is 2. The van der Waals surface area contributed by atoms with Gasteiger partial charge in [-0.15, -0.1) is 0 Å². The summed E-state index contributed by atoms with van der Waals surface area (Å²) in [7, 11) is 0. The number of carboxylic acid groups (broad SMARTS) is 2. The van der Waals surface area contributed by atoms with Gasteiger partial charge in [0.1, 0.15) is 0 Å². The van der Waals surface area contributed by atoms with Gasteiger partial charge in [0, 0.05) is 12.6 Å². The van der Waals surface area contributed by atoms with Gasteiger partial charge in [-0.25, -0.2) is 0 Å². The molecule has 0 aromatic heterocycles. The van der Waals surface area contributed by atoms with Crippen molar-refractivity contribution in [1.29, 1.82) is 0 Å². The van der Waals surface area contributed by atoms with Crippen molar-refractivity contribution in [1.82, 2.24) is 4.90 Å². The van der Waals surface area contributed by atoms with Crippen molar-refractivity contribution < 1.29 is 19.8 Å². The lowest BCUT2D eigenvalue weighted by Gasteiger charge is -2.42. The Morgan fingerprint density at radius 2 is 1.74 bits per heavy atom. The molecule has 1 aliphatic carbocycles. The number of carboxylic acids is 2. The normalized spacial score (nSPS) is 36.9. The summed E-state index contributed by atoms with van der Waals surface area (Å²) in [6.07, 6.45) is 5.14. The highest BCUT2D eigenvalue weighted by atomic mass is 16.4. The Bertz CT molecular complexity index is 357. The van der Waals surface area contributed by atoms with Crippen LogP contribution in [0.5, 0.6) is 0 Å². The molecule has 4 unspecified atom stereocenters. The van der Waals surface area contributed by atoms with E-state index in [-0.39, 0.29) is 0 Å². The number of aliphatic carboxylic acids is 2. The monoisotopic (exact) mass is 269 g/mol. The molecule has 1 saturated carbocycles. The highest BCUT2D eigenvalue weighted by molar-refractivity contribution is 5.80. The van der Waals surface area contributed by atoms with E-state index in [4.69, 9.17) is 5.11 Å². The first-order valence-corrected chi connectivity index (χ1v) is 7.18. The zero-order valence-corrected chi connectivity index (χ0v) is 11.4. The second-order valence-electron chi connectivity index (χ2n) is 6.10. The van der Waals surface area contributed by atoms with Gasteiger partial charge in [0.05, 0.1) is 11.8 Å². The van der Waals surface area contributed by atoms with Gasteiger partial charge >= 0.3 is 11.9 Å². The fourth-order valence-electron chi connectivity index (χ4n) is 3.59. The van der Waals surface area contributed by atoms with Gasteiger partial charge in [0.25, 0.3) is 0 Å². The van der Waals surface area contributed by atoms with Gasteiger partial charge < -0.3 is 10.2 Å². The van der Waals surface area contributed by atoms with Crippen molar-refractivity contribution in [2.75, 3.05) is 13.1 Å². The Kier molecular flexibility index (Phi) is 4.45. The highest BCUT2D eigenvalue weighted by Crippen LogP contribution is 2.32. The third kappa shape index (κ3) is 3.26. The maximum Gasteiger partial charge on any atom is 0.308 e. The molecule has 2 fully saturated rings. The molecule has 0 aromatic rings. The molecule has 1 saturated heterocycles. The SMILES string of the molecule is CC1CCCC(N2CCC(C(=O)O)C(C(=O)O)C2)C1. The molecule has 2 aliphatic rings. The van der Waals surface area contributed by atoms with Crippen LogP contribution < -0.4 is 0 Å². The molecule has 0 aromatic carbocycles. The van der Waals surface area contributed by atoms with E-state index in [1.165, 1.54) is 12.8 Å². The average molecular weight is 269 g/mol. The molecular weight excluding hydrogens is 246 g/mol. The Hall–Kier alpha value is -1.10. The molecule has 0 radical (unpaired) electrons. The van der Waals surface area contributed by atoms with E-state index in [1.54, 1.807) is 0 Å². The molecule has 0 bridgehead atoms. The number of nitrogens with zero attached hydrogens (tertiary/aromatic N) is 1. The molecule has 5 heteroatoms. The van der Waals surface area contributed by atoms with E-state index < -0.39 is 23.8 Å². The Morgan fingerprint density at radius 1 is 1.05 bits per heavy atom. The van der Waals surface area contributed by atoms with Crippen LogP contribution in [0.2, 0.25) is 0 Å². The quantitative estimate of drug-likeness (QED) is 0.815. The van der Waals surface area contributed by atoms with Crippen LogP contribution >= 0.6 is 0 Å². The number of piperidine rings is 1. The fraction of sp³-hybridized carbons (Fsp3) is 0.857. The molecule has 1 heterocycles. The van der Waals surface area contributed by atoms with E-state index in [9.17, 15) is 14.7 Å². The molecular formula is C14H23NO4. The smallest absolute Gasteiger partial charge is 0.308 e. The van der Waals surface area contributed by atoms with Crippen molar-refractivity contribution in [2.45, 2.75) is 45.1 Å². The number of likely N-dealkylation sites (tertiary alicyclic amines) is 1. The first kappa shape index (κ1) is 14.3. The van der Waals surface area contributed by atoms with Crippen molar-refractivity contribution in [3.05, 3.63) is 0 Å². The fourth-order valence-corrected chi connectivity index (χ4v) is 3.59. The first-order chi connectivity index (χ1) is 8.99. The first-order valence-electron chi connectivity index (χ1n) is 7.18. The van der Waals surface area contributed by atoms with Crippen LogP contribution in [0.25, 0.3) is 0 Å². The molecule has 2 N–H and O–H groups in total. The summed E-state index contributed by atoms with van der Waals surface area (Å²) in [5.74, 6) is -2.73. The highest BCUT2D eigenvalue weighted by Gasteiger charge is 2.40. The van der Waals surface area contributed by atoms with E-state index >= 15 is 0 Å². The van der Waals surface area contributed by atoms with E-state index in [0.29, 0.717) is 24.9 Å². The number of hydrogen-bond acceptors (Lipinski definition) is 3. The summed E-state index contributed by atoms with van der Waals surface area (Å²) in [6, 6.07) is 0.445. The summed E-state index contributed by atoms with van der Waals surface area (Å²) >= 11 is 0. The molecule has 19 heavy (non-hydrogen) atoms. The van der Waals surface area contributed by atoms with Crippen molar-refractivity contribution in [3.63, 3.8) is 0 Å². The minimum atomic E-state index is -0.971. The standard InChI is InChI=1S/C14H23NO4/c1-9-3-2-4-10(7-9)15-6-5-11(13(16)17)12(8-15)14(18)19/h9-12H,2-8H2,1H3,(H,16,17)(H,18,19). The van der Waals surface area contributed by atoms with Gasteiger partial charge in [-0.05, 0) is 31.7 Å². The number of rotatable bonds is 3. The van der Waals surface area contributed by atoms with Gasteiger partial charge in [0.2, 0.25) is 0 Å². The zero-order chi connectivity index (χ0) is 14.0. The number of hydrogen-bond donors (Lipinski definition) is 2. The lowest BCUT2D eigenvalue weighted by molar-refractivity contribution is -0.157. The van der Waals surface area contributed by atoms with Crippen molar-refractivity contribution in [2.24, 2.45) is 17.8 Å². The predicted octanol–water partition coefficient (Wildman–Crippen LogP) is 1.67. The molecule has 5 nitrogen and oxygen atoms in total. The van der Waals surface area contributed by atoms with Crippen LogP contribution in [0.15, 0.2) is 0 Å². The molecule has 4 atom stereocenters. The van der Waals surface area contributed by atoms with Crippen molar-refractivity contribution in [3.8, 4) is 0 Å².